The Bertz CT molecular complexity index is 872. The largest absolute Gasteiger partial charge is 0.365 e. The number of rotatable bonds is 3. The highest BCUT2D eigenvalue weighted by atomic mass is 16.2. The number of nitrogens with zero attached hydrogens (tertiary/aromatic N) is 3. The van der Waals surface area contributed by atoms with Gasteiger partial charge in [-0.1, -0.05) is 6.07 Å². The lowest BCUT2D eigenvalue weighted by molar-refractivity contribution is 0.0998. The van der Waals surface area contributed by atoms with E-state index in [1.807, 2.05) is 6.07 Å². The van der Waals surface area contributed by atoms with Gasteiger partial charge in [-0.05, 0) is 29.8 Å². The van der Waals surface area contributed by atoms with E-state index >= 15 is 0 Å². The van der Waals surface area contributed by atoms with E-state index in [1.54, 1.807) is 36.8 Å². The number of hydrogen-bond acceptors (Lipinski definition) is 4. The summed E-state index contributed by atoms with van der Waals surface area (Å²) >= 11 is 0. The average Bonchev–Trinajstić information content (AvgIpc) is 2.50. The first-order valence-corrected chi connectivity index (χ1v) is 6.34. The maximum Gasteiger partial charge on any atom is 0.264 e. The number of carbonyl (C=O) groups is 1. The van der Waals surface area contributed by atoms with Gasteiger partial charge in [0, 0.05) is 18.6 Å². The summed E-state index contributed by atoms with van der Waals surface area (Å²) in [6.07, 6.45) is 4.93. The number of amides is 1. The number of fused-ring (bicyclic) bond motifs is 1. The highest BCUT2D eigenvalue weighted by Gasteiger charge is 2.14. The Morgan fingerprint density at radius 3 is 2.76 bits per heavy atom. The van der Waals surface area contributed by atoms with Gasteiger partial charge in [0.15, 0.2) is 0 Å². The molecule has 0 radical (unpaired) electrons. The number of primary amides is 1. The molecule has 0 bridgehead atoms. The second-order valence-corrected chi connectivity index (χ2v) is 4.58. The van der Waals surface area contributed by atoms with Crippen LogP contribution in [0.2, 0.25) is 0 Å². The van der Waals surface area contributed by atoms with Crippen molar-refractivity contribution in [2.45, 2.75) is 6.54 Å². The molecule has 0 atom stereocenters. The summed E-state index contributed by atoms with van der Waals surface area (Å²) in [6, 6.07) is 8.60. The second-order valence-electron chi connectivity index (χ2n) is 4.58. The van der Waals surface area contributed by atoms with Gasteiger partial charge in [-0.2, -0.15) is 0 Å². The Morgan fingerprint density at radius 2 is 2.05 bits per heavy atom. The van der Waals surface area contributed by atoms with Crippen LogP contribution in [0.25, 0.3) is 11.0 Å². The third kappa shape index (κ3) is 2.38. The lowest BCUT2D eigenvalue weighted by atomic mass is 10.2. The van der Waals surface area contributed by atoms with Gasteiger partial charge < -0.3 is 10.3 Å². The molecule has 3 heterocycles. The molecule has 0 aromatic carbocycles. The molecule has 0 aliphatic heterocycles. The van der Waals surface area contributed by atoms with Crippen LogP contribution in [0.4, 0.5) is 0 Å². The van der Waals surface area contributed by atoms with Gasteiger partial charge in [-0.3, -0.25) is 19.6 Å². The predicted octanol–water partition coefficient (Wildman–Crippen LogP) is 0.939. The van der Waals surface area contributed by atoms with E-state index in [9.17, 15) is 9.59 Å². The number of carbonyl (C=O) groups excluding carboxylic acids is 1. The topological polar surface area (TPSA) is 90.9 Å². The van der Waals surface area contributed by atoms with Crippen LogP contribution >= 0.6 is 0 Å². The van der Waals surface area contributed by atoms with Gasteiger partial charge in [0.2, 0.25) is 0 Å². The predicted molar refractivity (Wildman–Crippen MR) is 77.9 cm³/mol. The van der Waals surface area contributed by atoms with E-state index in [2.05, 4.69) is 9.97 Å². The van der Waals surface area contributed by atoms with Crippen LogP contribution in [0.15, 0.2) is 53.7 Å². The zero-order valence-corrected chi connectivity index (χ0v) is 11.1. The highest BCUT2D eigenvalue weighted by Crippen LogP contribution is 2.12. The zero-order valence-electron chi connectivity index (χ0n) is 11.1. The van der Waals surface area contributed by atoms with Gasteiger partial charge in [-0.15, -0.1) is 0 Å². The van der Waals surface area contributed by atoms with Crippen molar-refractivity contribution in [1.29, 1.82) is 0 Å². The zero-order chi connectivity index (χ0) is 14.8. The lowest BCUT2D eigenvalue weighted by Gasteiger charge is -2.11. The monoisotopic (exact) mass is 280 g/mol. The highest BCUT2D eigenvalue weighted by molar-refractivity contribution is 5.95. The Hall–Kier alpha value is -3.02. The fourth-order valence-electron chi connectivity index (χ4n) is 2.21. The standard InChI is InChI=1S/C15H12N4O2/c16-14(20)11-7-12-13(4-2-6-18-12)19(15(11)21)9-10-3-1-5-17-8-10/h1-8H,9H2,(H2,16,20). The fraction of sp³-hybridized carbons (Fsp3) is 0.0667. The second kappa shape index (κ2) is 5.16. The summed E-state index contributed by atoms with van der Waals surface area (Å²) < 4.78 is 1.49. The molecule has 0 saturated heterocycles. The van der Waals surface area contributed by atoms with Gasteiger partial charge >= 0.3 is 0 Å². The Morgan fingerprint density at radius 1 is 1.24 bits per heavy atom. The Kier molecular flexibility index (Phi) is 3.19. The first-order chi connectivity index (χ1) is 10.2. The molecule has 21 heavy (non-hydrogen) atoms. The van der Waals surface area contributed by atoms with Crippen molar-refractivity contribution in [3.63, 3.8) is 0 Å². The van der Waals surface area contributed by atoms with Crippen molar-refractivity contribution in [3.05, 3.63) is 70.4 Å². The average molecular weight is 280 g/mol. The Balaban J connectivity index is 2.26. The molecular formula is C15H12N4O2. The normalized spacial score (nSPS) is 10.7. The molecule has 0 unspecified atom stereocenters. The van der Waals surface area contributed by atoms with E-state index in [4.69, 9.17) is 5.73 Å². The molecule has 104 valence electrons. The molecule has 6 nitrogen and oxygen atoms in total. The Labute approximate surface area is 119 Å². The minimum absolute atomic E-state index is 0.0647. The molecule has 0 saturated carbocycles. The number of nitrogens with two attached hydrogens (primary N) is 1. The molecule has 3 aromatic heterocycles. The molecule has 3 aromatic rings. The third-order valence-electron chi connectivity index (χ3n) is 3.19. The van der Waals surface area contributed by atoms with Crippen LogP contribution in [-0.2, 0) is 6.54 Å². The SMILES string of the molecule is NC(=O)c1cc2ncccc2n(Cc2cccnc2)c1=O. The number of hydrogen-bond donors (Lipinski definition) is 1. The van der Waals surface area contributed by atoms with E-state index in [-0.39, 0.29) is 5.56 Å². The minimum atomic E-state index is -0.757. The molecule has 0 aliphatic rings. The van der Waals surface area contributed by atoms with E-state index in [1.165, 1.54) is 10.6 Å². The molecule has 2 N–H and O–H groups in total. The number of pyridine rings is 3. The van der Waals surface area contributed by atoms with Crippen molar-refractivity contribution in [1.82, 2.24) is 14.5 Å². The third-order valence-corrected chi connectivity index (χ3v) is 3.19. The molecule has 0 fully saturated rings. The van der Waals surface area contributed by atoms with Gasteiger partial charge in [-0.25, -0.2) is 0 Å². The molecule has 6 heteroatoms. The molecule has 3 rings (SSSR count). The van der Waals surface area contributed by atoms with E-state index in [0.29, 0.717) is 17.6 Å². The van der Waals surface area contributed by atoms with Crippen molar-refractivity contribution in [3.8, 4) is 0 Å². The van der Waals surface area contributed by atoms with Crippen LogP contribution in [-0.4, -0.2) is 20.4 Å². The van der Waals surface area contributed by atoms with Gasteiger partial charge in [0.1, 0.15) is 5.56 Å². The first-order valence-electron chi connectivity index (χ1n) is 6.34. The smallest absolute Gasteiger partial charge is 0.264 e. The van der Waals surface area contributed by atoms with Crippen LogP contribution in [0.3, 0.4) is 0 Å². The minimum Gasteiger partial charge on any atom is -0.365 e. The first kappa shape index (κ1) is 13.0. The summed E-state index contributed by atoms with van der Waals surface area (Å²) in [5, 5.41) is 0. The van der Waals surface area contributed by atoms with Crippen molar-refractivity contribution in [2.24, 2.45) is 5.73 Å². The molecule has 0 spiro atoms. The van der Waals surface area contributed by atoms with Gasteiger partial charge in [0.05, 0.1) is 17.6 Å². The van der Waals surface area contributed by atoms with E-state index in [0.717, 1.165) is 5.56 Å². The van der Waals surface area contributed by atoms with Crippen molar-refractivity contribution >= 4 is 16.9 Å². The summed E-state index contributed by atoms with van der Waals surface area (Å²) in [4.78, 5) is 32.1. The maximum atomic E-state index is 12.4. The summed E-state index contributed by atoms with van der Waals surface area (Å²) in [5.41, 5.74) is 6.84. The van der Waals surface area contributed by atoms with Crippen LogP contribution in [0.1, 0.15) is 15.9 Å². The molecule has 1 amide bonds. The molecular weight excluding hydrogens is 268 g/mol. The summed E-state index contributed by atoms with van der Waals surface area (Å²) in [5.74, 6) is -0.757. The quantitative estimate of drug-likeness (QED) is 0.773. The maximum absolute atomic E-state index is 12.4. The van der Waals surface area contributed by atoms with E-state index < -0.39 is 11.5 Å². The molecule has 0 aliphatic carbocycles. The van der Waals surface area contributed by atoms with Gasteiger partial charge in [0.25, 0.3) is 11.5 Å². The fourth-order valence-corrected chi connectivity index (χ4v) is 2.21. The van der Waals surface area contributed by atoms with Crippen LogP contribution in [0, 0.1) is 0 Å². The number of aromatic nitrogens is 3. The summed E-state index contributed by atoms with van der Waals surface area (Å²) in [6.45, 7) is 0.302. The van der Waals surface area contributed by atoms with Crippen LogP contribution < -0.4 is 11.3 Å². The van der Waals surface area contributed by atoms with Crippen molar-refractivity contribution < 1.29 is 4.79 Å². The summed E-state index contributed by atoms with van der Waals surface area (Å²) in [7, 11) is 0. The van der Waals surface area contributed by atoms with Crippen LogP contribution in [0.5, 0.6) is 0 Å². The lowest BCUT2D eigenvalue weighted by Crippen LogP contribution is -2.30. The van der Waals surface area contributed by atoms with Crippen molar-refractivity contribution in [2.75, 3.05) is 0 Å².